The Bertz CT molecular complexity index is 474. The second kappa shape index (κ2) is 6.12. The van der Waals surface area contributed by atoms with Gasteiger partial charge in [-0.3, -0.25) is 9.59 Å². The van der Waals surface area contributed by atoms with Crippen LogP contribution in [0.4, 0.5) is 0 Å². The van der Waals surface area contributed by atoms with Crippen LogP contribution in [0.5, 0.6) is 5.88 Å². The van der Waals surface area contributed by atoms with Gasteiger partial charge in [0, 0.05) is 17.3 Å². The number of aromatic nitrogens is 2. The first-order chi connectivity index (χ1) is 8.78. The maximum Gasteiger partial charge on any atom is 0.305 e. The molecule has 104 valence electrons. The molecule has 7 heteroatoms. The first-order valence-electron chi connectivity index (χ1n) is 5.73. The highest BCUT2D eigenvalue weighted by atomic mass is 16.5. The fraction of sp³-hybridized carbons (Fsp3) is 0.500. The van der Waals surface area contributed by atoms with Gasteiger partial charge in [0.25, 0.3) is 5.91 Å². The van der Waals surface area contributed by atoms with Gasteiger partial charge < -0.3 is 15.2 Å². The summed E-state index contributed by atoms with van der Waals surface area (Å²) in [5.74, 6) is -1.07. The van der Waals surface area contributed by atoms with Crippen molar-refractivity contribution < 1.29 is 19.4 Å². The molecule has 0 bridgehead atoms. The van der Waals surface area contributed by atoms with E-state index in [0.29, 0.717) is 5.88 Å². The van der Waals surface area contributed by atoms with Crippen LogP contribution in [-0.4, -0.2) is 39.1 Å². The third-order valence-corrected chi connectivity index (χ3v) is 2.20. The zero-order valence-corrected chi connectivity index (χ0v) is 11.1. The minimum atomic E-state index is -0.974. The van der Waals surface area contributed by atoms with Crippen molar-refractivity contribution in [2.45, 2.75) is 32.7 Å². The second-order valence-corrected chi connectivity index (χ2v) is 4.79. The van der Waals surface area contributed by atoms with Gasteiger partial charge in [-0.1, -0.05) is 0 Å². The van der Waals surface area contributed by atoms with E-state index in [4.69, 9.17) is 9.84 Å². The van der Waals surface area contributed by atoms with Crippen molar-refractivity contribution in [1.82, 2.24) is 15.3 Å². The Kier molecular flexibility index (Phi) is 4.80. The molecule has 0 saturated carbocycles. The molecule has 0 radical (unpaired) electrons. The number of aliphatic carboxylic acids is 1. The molecule has 0 atom stereocenters. The Balaban J connectivity index is 2.46. The van der Waals surface area contributed by atoms with Crippen molar-refractivity contribution >= 4 is 11.9 Å². The number of rotatable bonds is 6. The van der Waals surface area contributed by atoms with Gasteiger partial charge in [-0.15, -0.1) is 0 Å². The SMILES string of the molecule is Cc1cc(OCC(=O)NC(C)(C)CC(=O)O)ncn1. The lowest BCUT2D eigenvalue weighted by atomic mass is 10.0. The highest BCUT2D eigenvalue weighted by molar-refractivity contribution is 5.79. The molecule has 1 rings (SSSR count). The van der Waals surface area contributed by atoms with Crippen molar-refractivity contribution in [2.75, 3.05) is 6.61 Å². The van der Waals surface area contributed by atoms with E-state index in [1.54, 1.807) is 26.8 Å². The van der Waals surface area contributed by atoms with Gasteiger partial charge in [0.1, 0.15) is 6.33 Å². The molecule has 1 heterocycles. The van der Waals surface area contributed by atoms with Gasteiger partial charge in [0.15, 0.2) is 6.61 Å². The monoisotopic (exact) mass is 267 g/mol. The minimum Gasteiger partial charge on any atom is -0.481 e. The van der Waals surface area contributed by atoms with Crippen LogP contribution in [-0.2, 0) is 9.59 Å². The Hall–Kier alpha value is -2.18. The molecule has 0 aliphatic heterocycles. The highest BCUT2D eigenvalue weighted by Crippen LogP contribution is 2.09. The Morgan fingerprint density at radius 3 is 2.68 bits per heavy atom. The third kappa shape index (κ3) is 5.80. The third-order valence-electron chi connectivity index (χ3n) is 2.20. The predicted octanol–water partition coefficient (Wildman–Crippen LogP) is 0.533. The van der Waals surface area contributed by atoms with Gasteiger partial charge in [-0.05, 0) is 20.8 Å². The summed E-state index contributed by atoms with van der Waals surface area (Å²) in [5, 5.41) is 11.3. The van der Waals surface area contributed by atoms with Crippen LogP contribution in [0.1, 0.15) is 26.0 Å². The first kappa shape index (κ1) is 14.9. The number of hydrogen-bond donors (Lipinski definition) is 2. The van der Waals surface area contributed by atoms with Crippen LogP contribution in [0.25, 0.3) is 0 Å². The first-order valence-corrected chi connectivity index (χ1v) is 5.73. The number of amides is 1. The molecule has 2 N–H and O–H groups in total. The fourth-order valence-corrected chi connectivity index (χ4v) is 1.48. The van der Waals surface area contributed by atoms with Crippen LogP contribution in [0.2, 0.25) is 0 Å². The molecule has 0 unspecified atom stereocenters. The van der Waals surface area contributed by atoms with Crippen molar-refractivity contribution in [3.8, 4) is 5.88 Å². The zero-order chi connectivity index (χ0) is 14.5. The Morgan fingerprint density at radius 1 is 1.42 bits per heavy atom. The normalized spacial score (nSPS) is 10.9. The molecule has 19 heavy (non-hydrogen) atoms. The number of carbonyl (C=O) groups is 2. The van der Waals surface area contributed by atoms with E-state index in [1.807, 2.05) is 0 Å². The number of carboxylic acid groups (broad SMARTS) is 1. The molecule has 7 nitrogen and oxygen atoms in total. The molecular weight excluding hydrogens is 250 g/mol. The van der Waals surface area contributed by atoms with Crippen LogP contribution < -0.4 is 10.1 Å². The molecule has 0 aliphatic rings. The molecule has 1 aromatic rings. The maximum atomic E-state index is 11.6. The van der Waals surface area contributed by atoms with Gasteiger partial charge in [0.2, 0.25) is 5.88 Å². The molecule has 0 spiro atoms. The summed E-state index contributed by atoms with van der Waals surface area (Å²) in [6.45, 7) is 4.83. The molecular formula is C12H17N3O4. The lowest BCUT2D eigenvalue weighted by Crippen LogP contribution is -2.46. The topological polar surface area (TPSA) is 101 Å². The number of ether oxygens (including phenoxy) is 1. The number of nitrogens with one attached hydrogen (secondary N) is 1. The summed E-state index contributed by atoms with van der Waals surface area (Å²) in [6, 6.07) is 1.61. The van der Waals surface area contributed by atoms with Gasteiger partial charge >= 0.3 is 5.97 Å². The average molecular weight is 267 g/mol. The maximum absolute atomic E-state index is 11.6. The van der Waals surface area contributed by atoms with E-state index < -0.39 is 17.4 Å². The van der Waals surface area contributed by atoms with E-state index in [0.717, 1.165) is 5.69 Å². The van der Waals surface area contributed by atoms with Crippen LogP contribution in [0.15, 0.2) is 12.4 Å². The molecule has 0 saturated heterocycles. The van der Waals surface area contributed by atoms with E-state index in [-0.39, 0.29) is 13.0 Å². The van der Waals surface area contributed by atoms with E-state index in [1.165, 1.54) is 6.33 Å². The van der Waals surface area contributed by atoms with Gasteiger partial charge in [-0.2, -0.15) is 0 Å². The van der Waals surface area contributed by atoms with Crippen molar-refractivity contribution in [2.24, 2.45) is 0 Å². The quantitative estimate of drug-likeness (QED) is 0.779. The number of carboxylic acids is 1. The minimum absolute atomic E-state index is 0.161. The summed E-state index contributed by atoms with van der Waals surface area (Å²) in [5.41, 5.74) is -0.0926. The van der Waals surface area contributed by atoms with Gasteiger partial charge in [-0.25, -0.2) is 9.97 Å². The van der Waals surface area contributed by atoms with Crippen LogP contribution in [0, 0.1) is 6.92 Å². The molecule has 0 fully saturated rings. The number of aryl methyl sites for hydroxylation is 1. The van der Waals surface area contributed by atoms with Crippen LogP contribution >= 0.6 is 0 Å². The van der Waals surface area contributed by atoms with Gasteiger partial charge in [0.05, 0.1) is 6.42 Å². The number of nitrogens with zero attached hydrogens (tertiary/aromatic N) is 2. The lowest BCUT2D eigenvalue weighted by Gasteiger charge is -2.24. The predicted molar refractivity (Wildman–Crippen MR) is 66.7 cm³/mol. The summed E-state index contributed by atoms with van der Waals surface area (Å²) in [4.78, 5) is 30.0. The number of hydrogen-bond acceptors (Lipinski definition) is 5. The lowest BCUT2D eigenvalue weighted by molar-refractivity contribution is -0.138. The van der Waals surface area contributed by atoms with Crippen LogP contribution in [0.3, 0.4) is 0 Å². The van der Waals surface area contributed by atoms with E-state index >= 15 is 0 Å². The number of carbonyl (C=O) groups excluding carboxylic acids is 1. The molecule has 1 amide bonds. The van der Waals surface area contributed by atoms with Crippen molar-refractivity contribution in [3.05, 3.63) is 18.1 Å². The standard InChI is InChI=1S/C12H17N3O4/c1-8-4-10(14-7-13-8)19-6-9(16)15-12(2,3)5-11(17)18/h4,7H,5-6H2,1-3H3,(H,15,16)(H,17,18). The summed E-state index contributed by atoms with van der Waals surface area (Å²) < 4.78 is 5.19. The Morgan fingerprint density at radius 2 is 2.11 bits per heavy atom. The Labute approximate surface area is 111 Å². The summed E-state index contributed by atoms with van der Waals surface area (Å²) >= 11 is 0. The molecule has 0 aliphatic carbocycles. The van der Waals surface area contributed by atoms with Crippen molar-refractivity contribution in [3.63, 3.8) is 0 Å². The van der Waals surface area contributed by atoms with E-state index in [9.17, 15) is 9.59 Å². The summed E-state index contributed by atoms with van der Waals surface area (Å²) in [6.07, 6.45) is 1.18. The zero-order valence-electron chi connectivity index (χ0n) is 11.1. The average Bonchev–Trinajstić information content (AvgIpc) is 2.24. The summed E-state index contributed by atoms with van der Waals surface area (Å²) in [7, 11) is 0. The largest absolute Gasteiger partial charge is 0.481 e. The highest BCUT2D eigenvalue weighted by Gasteiger charge is 2.23. The smallest absolute Gasteiger partial charge is 0.305 e. The second-order valence-electron chi connectivity index (χ2n) is 4.79. The van der Waals surface area contributed by atoms with Crippen molar-refractivity contribution in [1.29, 1.82) is 0 Å². The molecule has 0 aromatic carbocycles. The molecule has 1 aromatic heterocycles. The van der Waals surface area contributed by atoms with E-state index in [2.05, 4.69) is 15.3 Å². The fourth-order valence-electron chi connectivity index (χ4n) is 1.48.